The highest BCUT2D eigenvalue weighted by molar-refractivity contribution is 7.26. The molecule has 0 N–H and O–H groups in total. The van der Waals surface area contributed by atoms with Crippen molar-refractivity contribution in [1.29, 1.82) is 0 Å². The van der Waals surface area contributed by atoms with E-state index < -0.39 is 138 Å². The second-order valence-electron chi connectivity index (χ2n) is 9.47. The third-order valence-electron chi connectivity index (χ3n) is 6.96. The van der Waals surface area contributed by atoms with Crippen molar-refractivity contribution in [1.82, 2.24) is 9.97 Å². The van der Waals surface area contributed by atoms with E-state index in [2.05, 4.69) is 9.97 Å². The van der Waals surface area contributed by atoms with Gasteiger partial charge in [-0.2, -0.15) is 0 Å². The van der Waals surface area contributed by atoms with E-state index in [1.54, 1.807) is 0 Å². The second-order valence-corrected chi connectivity index (χ2v) is 10.5. The van der Waals surface area contributed by atoms with Gasteiger partial charge in [-0.05, 0) is 63.6 Å². The Hall–Kier alpha value is -5.58. The highest BCUT2D eigenvalue weighted by atomic mass is 32.1. The third kappa shape index (κ3) is 4.03. The molecule has 0 fully saturated rings. The molecule has 9 aromatic rings. The number of hydrogen-bond acceptors (Lipinski definition) is 4. The molecule has 3 heterocycles. The highest BCUT2D eigenvalue weighted by Crippen LogP contribution is 2.41. The molecule has 0 aliphatic rings. The summed E-state index contributed by atoms with van der Waals surface area (Å²) in [5.41, 5.74) is -2.31. The number of aromatic nitrogens is 2. The van der Waals surface area contributed by atoms with Gasteiger partial charge in [0.15, 0.2) is 5.58 Å². The van der Waals surface area contributed by atoms with Crippen LogP contribution < -0.4 is 0 Å². The standard InChI is InChI=1S/C40H24N2OS/c1-2-9-25(10-3-1)37-39-38(42-24-41-37)34-23-29(19-20-35(34)43-39)27-12-6-11-26(21-27)28-13-7-14-30(22-28)31-16-8-17-33-32-15-4-5-18-36(32)44-40(31)33/h1-24H/i1D,2D,3D,4D,5D,6D,7D,8D,9D,10D,11D,12D,13D,14D,15D,16D,17D,18D,21D,22D. The average molecular weight is 601 g/mol. The van der Waals surface area contributed by atoms with Crippen LogP contribution >= 0.6 is 11.3 Å². The van der Waals surface area contributed by atoms with Gasteiger partial charge in [-0.15, -0.1) is 11.3 Å². The van der Waals surface area contributed by atoms with Gasteiger partial charge in [0.05, 0.1) is 27.4 Å². The van der Waals surface area contributed by atoms with Gasteiger partial charge in [0.25, 0.3) is 0 Å². The summed E-state index contributed by atoms with van der Waals surface area (Å²) in [6.45, 7) is 0. The van der Waals surface area contributed by atoms with E-state index in [-0.39, 0.29) is 70.2 Å². The molecule has 0 amide bonds. The van der Waals surface area contributed by atoms with Crippen LogP contribution in [-0.4, -0.2) is 9.97 Å². The monoisotopic (exact) mass is 600 g/mol. The van der Waals surface area contributed by atoms with Crippen LogP contribution in [0.4, 0.5) is 0 Å². The normalized spacial score (nSPS) is 18.0. The fourth-order valence-electron chi connectivity index (χ4n) is 4.99. The van der Waals surface area contributed by atoms with Crippen LogP contribution in [0.2, 0.25) is 0 Å². The van der Waals surface area contributed by atoms with Gasteiger partial charge in [0.1, 0.15) is 23.1 Å². The zero-order valence-corrected chi connectivity index (χ0v) is 22.8. The number of hydrogen-bond donors (Lipinski definition) is 0. The summed E-state index contributed by atoms with van der Waals surface area (Å²) >= 11 is 0.731. The van der Waals surface area contributed by atoms with Gasteiger partial charge in [0, 0.05) is 31.1 Å². The molecular weight excluding hydrogens is 557 g/mol. The number of rotatable bonds is 4. The zero-order chi connectivity index (χ0) is 46.4. The molecule has 0 bridgehead atoms. The van der Waals surface area contributed by atoms with Gasteiger partial charge >= 0.3 is 0 Å². The summed E-state index contributed by atoms with van der Waals surface area (Å²) < 4.78 is 180. The maximum Gasteiger partial charge on any atom is 0.180 e. The number of furan rings is 1. The quantitative estimate of drug-likeness (QED) is 0.202. The lowest BCUT2D eigenvalue weighted by Gasteiger charge is -2.09. The Bertz CT molecular complexity index is 3610. The molecule has 9 rings (SSSR count). The Morgan fingerprint density at radius 2 is 1.25 bits per heavy atom. The Morgan fingerprint density at radius 3 is 2.11 bits per heavy atom. The van der Waals surface area contributed by atoms with Crippen LogP contribution in [0.15, 0.2) is 150 Å². The van der Waals surface area contributed by atoms with Gasteiger partial charge in [-0.25, -0.2) is 9.97 Å². The summed E-state index contributed by atoms with van der Waals surface area (Å²) in [5, 5.41) is -0.0275. The van der Waals surface area contributed by atoms with E-state index in [9.17, 15) is 2.74 Å². The van der Waals surface area contributed by atoms with Gasteiger partial charge in [-0.3, -0.25) is 0 Å². The molecular formula is C40H24N2OS. The number of nitrogens with zero attached hydrogens (tertiary/aromatic N) is 2. The summed E-state index contributed by atoms with van der Waals surface area (Å²) in [7, 11) is 0. The van der Waals surface area contributed by atoms with Crippen molar-refractivity contribution < 1.29 is 31.8 Å². The van der Waals surface area contributed by atoms with E-state index in [0.29, 0.717) is 0 Å². The Balaban J connectivity index is 1.31. The first-order valence-electron chi connectivity index (χ1n) is 23.0. The molecule has 0 saturated heterocycles. The van der Waals surface area contributed by atoms with Crippen LogP contribution in [0.1, 0.15) is 27.4 Å². The van der Waals surface area contributed by atoms with Crippen molar-refractivity contribution in [2.24, 2.45) is 0 Å². The van der Waals surface area contributed by atoms with Gasteiger partial charge < -0.3 is 4.42 Å². The van der Waals surface area contributed by atoms with E-state index in [1.165, 1.54) is 18.2 Å². The molecule has 3 nitrogen and oxygen atoms in total. The summed E-state index contributed by atoms with van der Waals surface area (Å²) in [6.07, 6.45) is 1.10. The molecule has 0 atom stereocenters. The molecule has 6 aromatic carbocycles. The Morgan fingerprint density at radius 1 is 0.568 bits per heavy atom. The molecule has 0 unspecified atom stereocenters. The Labute approximate surface area is 285 Å². The van der Waals surface area contributed by atoms with Crippen molar-refractivity contribution in [2.45, 2.75) is 0 Å². The smallest absolute Gasteiger partial charge is 0.180 e. The van der Waals surface area contributed by atoms with Crippen LogP contribution in [0.5, 0.6) is 0 Å². The van der Waals surface area contributed by atoms with Crippen molar-refractivity contribution in [2.75, 3.05) is 0 Å². The fraction of sp³-hybridized carbons (Fsp3) is 0. The van der Waals surface area contributed by atoms with Gasteiger partial charge in [-0.1, -0.05) is 109 Å². The van der Waals surface area contributed by atoms with E-state index >= 15 is 0 Å². The van der Waals surface area contributed by atoms with E-state index in [1.807, 2.05) is 0 Å². The molecule has 0 aliphatic carbocycles. The van der Waals surface area contributed by atoms with Crippen molar-refractivity contribution in [3.8, 4) is 44.6 Å². The van der Waals surface area contributed by atoms with Crippen LogP contribution in [0, 0.1) is 0 Å². The minimum atomic E-state index is -0.830. The van der Waals surface area contributed by atoms with Crippen LogP contribution in [0.3, 0.4) is 0 Å². The zero-order valence-electron chi connectivity index (χ0n) is 42.0. The van der Waals surface area contributed by atoms with Gasteiger partial charge in [0.2, 0.25) is 0 Å². The maximum atomic E-state index is 9.51. The number of thiophene rings is 1. The van der Waals surface area contributed by atoms with Crippen molar-refractivity contribution >= 4 is 53.6 Å². The lowest BCUT2D eigenvalue weighted by atomic mass is 9.95. The molecule has 3 aromatic heterocycles. The first-order chi connectivity index (χ1) is 30.1. The molecule has 44 heavy (non-hydrogen) atoms. The predicted octanol–water partition coefficient (Wildman–Crippen LogP) is 11.4. The van der Waals surface area contributed by atoms with Crippen LogP contribution in [0.25, 0.3) is 86.9 Å². The van der Waals surface area contributed by atoms with Crippen molar-refractivity contribution in [3.05, 3.63) is 145 Å². The second kappa shape index (κ2) is 10.0. The Kier molecular flexibility index (Phi) is 2.77. The minimum Gasteiger partial charge on any atom is -0.452 e. The maximum absolute atomic E-state index is 9.51. The first kappa shape index (κ1) is 12.2. The number of fused-ring (bicyclic) bond motifs is 6. The largest absolute Gasteiger partial charge is 0.452 e. The summed E-state index contributed by atoms with van der Waals surface area (Å²) in [4.78, 5) is 8.51. The molecule has 0 spiro atoms. The van der Waals surface area contributed by atoms with Crippen LogP contribution in [-0.2, 0) is 0 Å². The topological polar surface area (TPSA) is 38.9 Å². The third-order valence-corrected chi connectivity index (χ3v) is 8.09. The molecule has 0 radical (unpaired) electrons. The molecule has 4 heteroatoms. The lowest BCUT2D eigenvalue weighted by molar-refractivity contribution is 0.667. The lowest BCUT2D eigenvalue weighted by Crippen LogP contribution is -1.86. The fourth-order valence-corrected chi connectivity index (χ4v) is 6.06. The molecule has 0 aliphatic heterocycles. The predicted molar refractivity (Wildman–Crippen MR) is 184 cm³/mol. The average Bonchev–Trinajstić information content (AvgIpc) is 3.86. The molecule has 206 valence electrons. The highest BCUT2D eigenvalue weighted by Gasteiger charge is 2.16. The SMILES string of the molecule is [2H]c1c([2H])c([2H])c(-c2ncnc3c2oc2ccc(-c4c([2H])c([2H])c([2H])c(-c5c([2H])c([2H])c([2H])c(-c6c([2H])c([2H])c([2H])c7c6sc6c([2H])c([2H])c([2H])c([2H])c67)c5[2H])c4[2H])cc23)c([2H])c1[2H]. The first-order valence-corrected chi connectivity index (χ1v) is 13.8. The minimum absolute atomic E-state index is 0.0298. The summed E-state index contributed by atoms with van der Waals surface area (Å²) in [5.74, 6) is 0. The van der Waals surface area contributed by atoms with E-state index in [0.717, 1.165) is 17.7 Å². The van der Waals surface area contributed by atoms with E-state index in [4.69, 9.17) is 29.1 Å². The summed E-state index contributed by atoms with van der Waals surface area (Å²) in [6, 6.07) is -8.66. The number of benzene rings is 6. The van der Waals surface area contributed by atoms with Crippen molar-refractivity contribution in [3.63, 3.8) is 0 Å². The molecule has 0 saturated carbocycles.